The second kappa shape index (κ2) is 10.1. The lowest BCUT2D eigenvalue weighted by molar-refractivity contribution is 0.979. The third-order valence-corrected chi connectivity index (χ3v) is 8.85. The van der Waals surface area contributed by atoms with Crippen LogP contribution in [0.5, 0.6) is 0 Å². The van der Waals surface area contributed by atoms with Crippen LogP contribution >= 0.6 is 0 Å². The zero-order valence-electron chi connectivity index (χ0n) is 24.3. The van der Waals surface area contributed by atoms with Crippen LogP contribution in [-0.4, -0.2) is 9.13 Å². The van der Waals surface area contributed by atoms with Gasteiger partial charge in [-0.1, -0.05) is 109 Å². The molecule has 43 heavy (non-hydrogen) atoms. The first-order chi connectivity index (χ1) is 21.2. The molecule has 0 fully saturated rings. The van der Waals surface area contributed by atoms with Crippen molar-refractivity contribution in [3.63, 3.8) is 0 Å². The van der Waals surface area contributed by atoms with Crippen molar-refractivity contribution in [1.29, 1.82) is 0 Å². The number of hydrogen-bond acceptors (Lipinski definition) is 0. The van der Waals surface area contributed by atoms with Crippen LogP contribution in [0.1, 0.15) is 11.1 Å². The largest absolute Gasteiger partial charge is 0.342 e. The van der Waals surface area contributed by atoms with Gasteiger partial charge in [0.2, 0.25) is 0 Å². The average molecular weight is 552 g/mol. The van der Waals surface area contributed by atoms with E-state index in [-0.39, 0.29) is 0 Å². The van der Waals surface area contributed by atoms with Crippen LogP contribution in [0.15, 0.2) is 140 Å². The van der Waals surface area contributed by atoms with E-state index < -0.39 is 0 Å². The molecule has 0 aliphatic carbocycles. The van der Waals surface area contributed by atoms with Crippen LogP contribution < -0.4 is 0 Å². The minimum Gasteiger partial charge on any atom is -0.342 e. The zero-order valence-corrected chi connectivity index (χ0v) is 24.3. The van der Waals surface area contributed by atoms with E-state index in [1.165, 1.54) is 77.0 Å². The zero-order chi connectivity index (χ0) is 28.9. The predicted octanol–water partition coefficient (Wildman–Crippen LogP) is 10.6. The van der Waals surface area contributed by atoms with Gasteiger partial charge >= 0.3 is 0 Å². The molecular weight excluding hydrogens is 520 g/mol. The summed E-state index contributed by atoms with van der Waals surface area (Å²) in [5.74, 6) is 0. The fourth-order valence-corrected chi connectivity index (χ4v) is 6.98. The Kier molecular flexibility index (Phi) is 5.94. The van der Waals surface area contributed by atoms with E-state index >= 15 is 0 Å². The van der Waals surface area contributed by atoms with E-state index in [2.05, 4.69) is 175 Å². The standard InChI is InChI=1S/C41H31N2/c1-42-38(30-16-5-3-6-17-30)34(36-26-24-28-14-9-11-20-32(28)40(36)42)22-13-23-35-37-27-25-29-15-10-12-21-33(29)41(37)43(2)39(35)31-18-7-4-8-19-31/h3-27H,1-2H3/q+1. The number of allylic oxidation sites excluding steroid dienone is 1. The molecule has 204 valence electrons. The number of aromatic nitrogens is 2. The summed E-state index contributed by atoms with van der Waals surface area (Å²) in [6, 6.07) is 47.9. The van der Waals surface area contributed by atoms with Crippen LogP contribution in [-0.2, 0) is 14.1 Å². The van der Waals surface area contributed by atoms with Crippen molar-refractivity contribution < 1.29 is 0 Å². The topological polar surface area (TPSA) is 9.86 Å². The first kappa shape index (κ1) is 25.3. The van der Waals surface area contributed by atoms with Crippen molar-refractivity contribution >= 4 is 49.4 Å². The van der Waals surface area contributed by atoms with E-state index in [4.69, 9.17) is 0 Å². The highest BCUT2D eigenvalue weighted by molar-refractivity contribution is 6.12. The summed E-state index contributed by atoms with van der Waals surface area (Å²) in [6.45, 7) is 0. The first-order valence-corrected chi connectivity index (χ1v) is 14.8. The van der Waals surface area contributed by atoms with Gasteiger partial charge in [-0.3, -0.25) is 4.57 Å². The second-order valence-electron chi connectivity index (χ2n) is 11.3. The molecule has 0 unspecified atom stereocenters. The lowest BCUT2D eigenvalue weighted by Gasteiger charge is -2.06. The third-order valence-electron chi connectivity index (χ3n) is 8.85. The van der Waals surface area contributed by atoms with Gasteiger partial charge in [0.05, 0.1) is 16.6 Å². The molecule has 0 aliphatic heterocycles. The Balaban J connectivity index is 1.33. The van der Waals surface area contributed by atoms with Gasteiger partial charge in [0, 0.05) is 60.0 Å². The molecule has 2 heteroatoms. The summed E-state index contributed by atoms with van der Waals surface area (Å²) >= 11 is 0. The fraction of sp³-hybridized carbons (Fsp3) is 0.0488. The summed E-state index contributed by atoms with van der Waals surface area (Å²) in [4.78, 5) is 0. The van der Waals surface area contributed by atoms with Crippen molar-refractivity contribution in [3.8, 4) is 22.5 Å². The van der Waals surface area contributed by atoms with E-state index in [0.29, 0.717) is 0 Å². The molecule has 0 amide bonds. The van der Waals surface area contributed by atoms with Crippen LogP contribution in [0.4, 0.5) is 0 Å². The molecule has 0 radical (unpaired) electrons. The van der Waals surface area contributed by atoms with Crippen LogP contribution in [0.3, 0.4) is 0 Å². The number of hydrogen-bond donors (Lipinski definition) is 0. The van der Waals surface area contributed by atoms with Crippen LogP contribution in [0.2, 0.25) is 0 Å². The van der Waals surface area contributed by atoms with Gasteiger partial charge in [-0.25, -0.2) is 0 Å². The minimum absolute atomic E-state index is 1.21. The Morgan fingerprint density at radius 3 is 1.58 bits per heavy atom. The van der Waals surface area contributed by atoms with Gasteiger partial charge in [0.1, 0.15) is 16.8 Å². The number of rotatable bonds is 5. The molecule has 2 aromatic heterocycles. The monoisotopic (exact) mass is 551 g/mol. The Labute approximate surface area is 251 Å². The van der Waals surface area contributed by atoms with Crippen molar-refractivity contribution in [3.05, 3.63) is 157 Å². The lowest BCUT2D eigenvalue weighted by Crippen LogP contribution is -1.94. The first-order valence-electron chi connectivity index (χ1n) is 14.8. The Morgan fingerprint density at radius 1 is 0.465 bits per heavy atom. The highest BCUT2D eigenvalue weighted by Gasteiger charge is 2.25. The van der Waals surface area contributed by atoms with Crippen LogP contribution in [0, 0.1) is 6.42 Å². The quantitative estimate of drug-likeness (QED) is 0.188. The van der Waals surface area contributed by atoms with Crippen molar-refractivity contribution in [1.82, 2.24) is 9.13 Å². The van der Waals surface area contributed by atoms with E-state index in [0.717, 1.165) is 0 Å². The third kappa shape index (κ3) is 3.99. The molecule has 8 rings (SSSR count). The smallest absolute Gasteiger partial charge is 0.135 e. The van der Waals surface area contributed by atoms with Gasteiger partial charge in [0.15, 0.2) is 0 Å². The lowest BCUT2D eigenvalue weighted by atomic mass is 9.99. The van der Waals surface area contributed by atoms with Gasteiger partial charge in [-0.15, -0.1) is 0 Å². The summed E-state index contributed by atoms with van der Waals surface area (Å²) < 4.78 is 4.73. The Hall–Kier alpha value is -5.47. The summed E-state index contributed by atoms with van der Waals surface area (Å²) in [7, 11) is 4.39. The number of aryl methyl sites for hydroxylation is 2. The summed E-state index contributed by atoms with van der Waals surface area (Å²) in [5.41, 5.74) is 9.87. The maximum atomic E-state index is 2.37. The SMILES string of the molecule is Cn1c(-c2ccccc2)c(C=C[CH+]c2c(-c3ccccc3)n(C)c3c2ccc2ccccc23)c2ccc3ccccc3c21. The molecule has 0 spiro atoms. The molecule has 6 aromatic carbocycles. The molecule has 0 saturated carbocycles. The van der Waals surface area contributed by atoms with Gasteiger partial charge < -0.3 is 4.57 Å². The maximum absolute atomic E-state index is 2.37. The van der Waals surface area contributed by atoms with Crippen molar-refractivity contribution in [2.45, 2.75) is 0 Å². The predicted molar refractivity (Wildman–Crippen MR) is 184 cm³/mol. The molecule has 2 nitrogen and oxygen atoms in total. The minimum atomic E-state index is 1.21. The summed E-state index contributed by atoms with van der Waals surface area (Å²) in [6.07, 6.45) is 6.84. The molecule has 0 N–H and O–H groups in total. The molecule has 8 aromatic rings. The van der Waals surface area contributed by atoms with Crippen LogP contribution in [0.25, 0.3) is 71.9 Å². The van der Waals surface area contributed by atoms with E-state index in [1.54, 1.807) is 0 Å². The number of nitrogens with zero attached hydrogens (tertiary/aromatic N) is 2. The van der Waals surface area contributed by atoms with Gasteiger partial charge in [0.25, 0.3) is 0 Å². The summed E-state index contributed by atoms with van der Waals surface area (Å²) in [5, 5.41) is 7.58. The molecule has 2 heterocycles. The highest BCUT2D eigenvalue weighted by atomic mass is 15.0. The Bertz CT molecular complexity index is 2320. The molecule has 0 saturated heterocycles. The number of benzene rings is 6. The van der Waals surface area contributed by atoms with Crippen molar-refractivity contribution in [2.24, 2.45) is 14.1 Å². The molecule has 0 atom stereocenters. The number of fused-ring (bicyclic) bond motifs is 6. The molecule has 0 bridgehead atoms. The van der Waals surface area contributed by atoms with E-state index in [1.807, 2.05) is 0 Å². The normalized spacial score (nSPS) is 11.9. The van der Waals surface area contributed by atoms with Gasteiger partial charge in [-0.05, 0) is 40.6 Å². The molecular formula is C41H31N2+. The van der Waals surface area contributed by atoms with E-state index in [9.17, 15) is 0 Å². The average Bonchev–Trinajstić information content (AvgIpc) is 3.52. The fourth-order valence-electron chi connectivity index (χ4n) is 6.98. The second-order valence-corrected chi connectivity index (χ2v) is 11.3. The molecule has 0 aliphatic rings. The van der Waals surface area contributed by atoms with Crippen molar-refractivity contribution in [2.75, 3.05) is 0 Å². The Morgan fingerprint density at radius 2 is 0.953 bits per heavy atom. The van der Waals surface area contributed by atoms with Gasteiger partial charge in [-0.2, -0.15) is 0 Å². The maximum Gasteiger partial charge on any atom is 0.135 e. The highest BCUT2D eigenvalue weighted by Crippen LogP contribution is 2.40.